The molecule has 2 heterocycles. The maximum Gasteiger partial charge on any atom is 0.306 e. The topological polar surface area (TPSA) is 107 Å². The Labute approximate surface area is 167 Å². The third-order valence-corrected chi connectivity index (χ3v) is 5.52. The molecule has 2 atom stereocenters. The Bertz CT molecular complexity index is 805. The fraction of sp³-hybridized carbons (Fsp3) is 0.500. The van der Waals surface area contributed by atoms with Gasteiger partial charge in [0.15, 0.2) is 0 Å². The molecule has 156 valence electrons. The van der Waals surface area contributed by atoms with E-state index < -0.39 is 29.7 Å². The van der Waals surface area contributed by atoms with Crippen molar-refractivity contribution in [3.05, 3.63) is 30.1 Å². The van der Waals surface area contributed by atoms with Crippen LogP contribution in [0.1, 0.15) is 26.2 Å². The van der Waals surface area contributed by atoms with Gasteiger partial charge in [-0.2, -0.15) is 0 Å². The first-order valence-electron chi connectivity index (χ1n) is 9.64. The van der Waals surface area contributed by atoms with Crippen molar-refractivity contribution in [1.82, 2.24) is 10.2 Å². The number of likely N-dealkylation sites (tertiary alicyclic amines) is 1. The largest absolute Gasteiger partial charge is 0.481 e. The second-order valence-corrected chi connectivity index (χ2v) is 7.55. The fourth-order valence-corrected chi connectivity index (χ4v) is 3.77. The molecule has 3 rings (SSSR count). The van der Waals surface area contributed by atoms with Crippen LogP contribution in [0.25, 0.3) is 0 Å². The van der Waals surface area contributed by atoms with Crippen LogP contribution in [0.4, 0.5) is 10.1 Å². The van der Waals surface area contributed by atoms with Crippen molar-refractivity contribution in [2.24, 2.45) is 11.8 Å². The summed E-state index contributed by atoms with van der Waals surface area (Å²) in [6, 6.07) is 4.72. The number of nitrogens with one attached hydrogen (secondary N) is 1. The van der Waals surface area contributed by atoms with Gasteiger partial charge in [-0.25, -0.2) is 4.39 Å². The highest BCUT2D eigenvalue weighted by molar-refractivity contribution is 6.01. The molecule has 0 radical (unpaired) electrons. The Morgan fingerprint density at radius 1 is 1.14 bits per heavy atom. The zero-order chi connectivity index (χ0) is 21.1. The van der Waals surface area contributed by atoms with Crippen LogP contribution < -0.4 is 10.2 Å². The summed E-state index contributed by atoms with van der Waals surface area (Å²) in [5, 5.41) is 11.7. The molecular weight excluding hydrogens is 381 g/mol. The minimum atomic E-state index is -0.852. The molecule has 0 spiro atoms. The molecule has 2 aliphatic heterocycles. The van der Waals surface area contributed by atoms with Crippen LogP contribution in [0.5, 0.6) is 0 Å². The van der Waals surface area contributed by atoms with Gasteiger partial charge in [-0.3, -0.25) is 19.2 Å². The van der Waals surface area contributed by atoms with E-state index in [1.165, 1.54) is 29.2 Å². The molecule has 2 aliphatic rings. The van der Waals surface area contributed by atoms with Crippen molar-refractivity contribution in [2.75, 3.05) is 24.5 Å². The smallest absolute Gasteiger partial charge is 0.306 e. The molecule has 0 aromatic heterocycles. The number of carbonyl (C=O) groups is 4. The normalized spacial score (nSPS) is 21.2. The number of rotatable bonds is 5. The summed E-state index contributed by atoms with van der Waals surface area (Å²) >= 11 is 0. The molecular formula is C20H24FN3O5. The second kappa shape index (κ2) is 8.59. The number of piperidine rings is 1. The average Bonchev–Trinajstić information content (AvgIpc) is 3.10. The lowest BCUT2D eigenvalue weighted by atomic mass is 9.96. The van der Waals surface area contributed by atoms with E-state index in [-0.39, 0.29) is 30.7 Å². The molecule has 8 nitrogen and oxygen atoms in total. The van der Waals surface area contributed by atoms with Crippen molar-refractivity contribution in [3.8, 4) is 0 Å². The highest BCUT2D eigenvalue weighted by atomic mass is 19.1. The fourth-order valence-electron chi connectivity index (χ4n) is 3.77. The van der Waals surface area contributed by atoms with Crippen LogP contribution in [-0.4, -0.2) is 59.4 Å². The average molecular weight is 405 g/mol. The van der Waals surface area contributed by atoms with Gasteiger partial charge >= 0.3 is 5.97 Å². The van der Waals surface area contributed by atoms with E-state index in [0.29, 0.717) is 31.6 Å². The number of carboxylic acids is 1. The third kappa shape index (κ3) is 4.72. The summed E-state index contributed by atoms with van der Waals surface area (Å²) in [6.07, 6.45) is 0.811. The molecule has 1 aromatic rings. The standard InChI is InChI=1S/C20H24FN3O5/c1-12(19(27)23-8-6-13(7-9-23)20(28)29)22-18(26)14-10-17(25)24(11-14)16-4-2-15(21)3-5-16/h2-5,12-14H,6-11H2,1H3,(H,22,26)(H,28,29)/t12-,14?/m0/s1. The number of aliphatic carboxylic acids is 1. The predicted molar refractivity (Wildman–Crippen MR) is 101 cm³/mol. The van der Waals surface area contributed by atoms with Gasteiger partial charge in [-0.05, 0) is 44.0 Å². The first-order valence-corrected chi connectivity index (χ1v) is 9.64. The van der Waals surface area contributed by atoms with Crippen LogP contribution in [0.3, 0.4) is 0 Å². The molecule has 29 heavy (non-hydrogen) atoms. The lowest BCUT2D eigenvalue weighted by molar-refractivity contribution is -0.146. The number of carbonyl (C=O) groups excluding carboxylic acids is 3. The lowest BCUT2D eigenvalue weighted by Gasteiger charge is -2.32. The van der Waals surface area contributed by atoms with Crippen molar-refractivity contribution in [1.29, 1.82) is 0 Å². The zero-order valence-corrected chi connectivity index (χ0v) is 16.1. The maximum atomic E-state index is 13.1. The van der Waals surface area contributed by atoms with Crippen LogP contribution in [0, 0.1) is 17.7 Å². The van der Waals surface area contributed by atoms with Crippen molar-refractivity contribution in [2.45, 2.75) is 32.2 Å². The number of benzene rings is 1. The number of nitrogens with zero attached hydrogens (tertiary/aromatic N) is 2. The van der Waals surface area contributed by atoms with Crippen molar-refractivity contribution < 1.29 is 28.7 Å². The third-order valence-electron chi connectivity index (χ3n) is 5.52. The Hall–Kier alpha value is -2.97. The summed E-state index contributed by atoms with van der Waals surface area (Å²) < 4.78 is 13.1. The van der Waals surface area contributed by atoms with E-state index in [4.69, 9.17) is 5.11 Å². The summed E-state index contributed by atoms with van der Waals surface area (Å²) in [5.74, 6) is -3.17. The SMILES string of the molecule is C[C@H](NC(=O)C1CC(=O)N(c2ccc(F)cc2)C1)C(=O)N1CCC(C(=O)O)CC1. The highest BCUT2D eigenvalue weighted by Gasteiger charge is 2.37. The first-order chi connectivity index (χ1) is 13.8. The van der Waals surface area contributed by atoms with E-state index in [1.807, 2.05) is 0 Å². The zero-order valence-electron chi connectivity index (χ0n) is 16.1. The summed E-state index contributed by atoms with van der Waals surface area (Å²) in [5.41, 5.74) is 0.525. The van der Waals surface area contributed by atoms with Gasteiger partial charge in [0.25, 0.3) is 0 Å². The molecule has 9 heteroatoms. The molecule has 0 bridgehead atoms. The number of hydrogen-bond acceptors (Lipinski definition) is 4. The van der Waals surface area contributed by atoms with Crippen LogP contribution in [-0.2, 0) is 19.2 Å². The lowest BCUT2D eigenvalue weighted by Crippen LogP contribution is -2.51. The molecule has 2 N–H and O–H groups in total. The number of hydrogen-bond donors (Lipinski definition) is 2. The number of amides is 3. The van der Waals surface area contributed by atoms with Crippen LogP contribution in [0.2, 0.25) is 0 Å². The van der Waals surface area contributed by atoms with Gasteiger partial charge in [-0.1, -0.05) is 0 Å². The summed E-state index contributed by atoms with van der Waals surface area (Å²) in [6.45, 7) is 2.44. The molecule has 1 unspecified atom stereocenters. The highest BCUT2D eigenvalue weighted by Crippen LogP contribution is 2.25. The Kier molecular flexibility index (Phi) is 6.14. The molecule has 2 saturated heterocycles. The number of anilines is 1. The van der Waals surface area contributed by atoms with Gasteiger partial charge in [-0.15, -0.1) is 0 Å². The Morgan fingerprint density at radius 3 is 2.34 bits per heavy atom. The summed E-state index contributed by atoms with van der Waals surface area (Å²) in [4.78, 5) is 51.4. The minimum absolute atomic E-state index is 0.0220. The molecule has 2 fully saturated rings. The second-order valence-electron chi connectivity index (χ2n) is 7.55. The predicted octanol–water partition coefficient (Wildman–Crippen LogP) is 1.01. The van der Waals surface area contributed by atoms with Crippen LogP contribution >= 0.6 is 0 Å². The minimum Gasteiger partial charge on any atom is -0.481 e. The van der Waals surface area contributed by atoms with E-state index >= 15 is 0 Å². The molecule has 3 amide bonds. The summed E-state index contributed by atoms with van der Waals surface area (Å²) in [7, 11) is 0. The van der Waals surface area contributed by atoms with Gasteiger partial charge in [0.1, 0.15) is 11.9 Å². The quantitative estimate of drug-likeness (QED) is 0.760. The monoisotopic (exact) mass is 405 g/mol. The van der Waals surface area contributed by atoms with Crippen molar-refractivity contribution >= 4 is 29.4 Å². The van der Waals surface area contributed by atoms with Gasteiger partial charge < -0.3 is 20.2 Å². The Morgan fingerprint density at radius 2 is 1.76 bits per heavy atom. The van der Waals surface area contributed by atoms with Gasteiger partial charge in [0.2, 0.25) is 17.7 Å². The van der Waals surface area contributed by atoms with Gasteiger partial charge in [0.05, 0.1) is 11.8 Å². The van der Waals surface area contributed by atoms with Crippen molar-refractivity contribution in [3.63, 3.8) is 0 Å². The molecule has 0 aliphatic carbocycles. The maximum absolute atomic E-state index is 13.1. The van der Waals surface area contributed by atoms with Gasteiger partial charge in [0, 0.05) is 31.7 Å². The molecule has 1 aromatic carbocycles. The van der Waals surface area contributed by atoms with E-state index in [1.54, 1.807) is 11.8 Å². The van der Waals surface area contributed by atoms with E-state index in [0.717, 1.165) is 0 Å². The first kappa shape index (κ1) is 20.8. The van der Waals surface area contributed by atoms with Crippen LogP contribution in [0.15, 0.2) is 24.3 Å². The van der Waals surface area contributed by atoms with E-state index in [9.17, 15) is 23.6 Å². The molecule has 0 saturated carbocycles. The Balaban J connectivity index is 1.53. The number of halogens is 1. The van der Waals surface area contributed by atoms with E-state index in [2.05, 4.69) is 5.32 Å². The number of carboxylic acid groups (broad SMARTS) is 1.